The Balaban J connectivity index is 1.29. The second-order valence-electron chi connectivity index (χ2n) is 7.98. The fourth-order valence-electron chi connectivity index (χ4n) is 4.27. The van der Waals surface area contributed by atoms with Crippen LogP contribution >= 0.6 is 0 Å². The van der Waals surface area contributed by atoms with Gasteiger partial charge in [0.25, 0.3) is 0 Å². The van der Waals surface area contributed by atoms with Crippen LogP contribution in [0.4, 0.5) is 5.69 Å². The molecule has 0 amide bonds. The largest absolute Gasteiger partial charge is 0.366 e. The molecule has 2 aliphatic heterocycles. The van der Waals surface area contributed by atoms with Crippen molar-refractivity contribution in [1.82, 2.24) is 19.7 Å². The van der Waals surface area contributed by atoms with Gasteiger partial charge in [0.2, 0.25) is 10.0 Å². The molecule has 4 rings (SSSR count). The number of rotatable bonds is 6. The van der Waals surface area contributed by atoms with Gasteiger partial charge in [0.1, 0.15) is 12.0 Å². The van der Waals surface area contributed by atoms with Crippen molar-refractivity contribution in [3.05, 3.63) is 47.9 Å². The van der Waals surface area contributed by atoms with E-state index in [1.165, 1.54) is 21.8 Å². The van der Waals surface area contributed by atoms with Gasteiger partial charge in [-0.15, -0.1) is 0 Å². The van der Waals surface area contributed by atoms with E-state index in [4.69, 9.17) is 4.52 Å². The number of aliphatic imine (C=N–C) groups is 1. The van der Waals surface area contributed by atoms with Crippen LogP contribution in [0.1, 0.15) is 18.2 Å². The van der Waals surface area contributed by atoms with E-state index in [0.29, 0.717) is 37.9 Å². The molecule has 1 unspecified atom stereocenters. The summed E-state index contributed by atoms with van der Waals surface area (Å²) in [7, 11) is -1.64. The van der Waals surface area contributed by atoms with E-state index in [9.17, 15) is 8.42 Å². The predicted molar refractivity (Wildman–Crippen MR) is 121 cm³/mol. The molecule has 10 heteroatoms. The fraction of sp³-hybridized carbons (Fsp3) is 0.524. The number of guanidine groups is 1. The van der Waals surface area contributed by atoms with E-state index in [1.54, 1.807) is 13.1 Å². The van der Waals surface area contributed by atoms with Gasteiger partial charge in [-0.1, -0.05) is 23.4 Å². The molecular weight excluding hydrogens is 416 g/mol. The molecule has 3 heterocycles. The maximum absolute atomic E-state index is 12.6. The van der Waals surface area contributed by atoms with E-state index in [1.807, 2.05) is 0 Å². The lowest BCUT2D eigenvalue weighted by Crippen LogP contribution is -2.55. The van der Waals surface area contributed by atoms with Gasteiger partial charge in [-0.05, 0) is 25.0 Å². The van der Waals surface area contributed by atoms with Crippen LogP contribution in [0.15, 0.2) is 46.1 Å². The lowest BCUT2D eigenvalue weighted by atomic mass is 10.2. The van der Waals surface area contributed by atoms with Crippen molar-refractivity contribution < 1.29 is 12.9 Å². The van der Waals surface area contributed by atoms with Crippen LogP contribution in [0.3, 0.4) is 0 Å². The summed E-state index contributed by atoms with van der Waals surface area (Å²) in [5, 5.41) is 7.20. The Morgan fingerprint density at radius 1 is 1.19 bits per heavy atom. The highest BCUT2D eigenvalue weighted by molar-refractivity contribution is 7.88. The highest BCUT2D eigenvalue weighted by Crippen LogP contribution is 2.28. The van der Waals surface area contributed by atoms with Crippen LogP contribution in [0.5, 0.6) is 0 Å². The van der Waals surface area contributed by atoms with Crippen LogP contribution in [0.25, 0.3) is 0 Å². The SMILES string of the molecule is CN=C(NCC(C)N1CCc2ccccc21)N1CCN(S(=O)(=O)Cc2ccon2)CC1. The number of piperazine rings is 1. The van der Waals surface area contributed by atoms with E-state index < -0.39 is 10.0 Å². The third kappa shape index (κ3) is 4.85. The van der Waals surface area contributed by atoms with Crippen molar-refractivity contribution in [2.75, 3.05) is 51.2 Å². The smallest absolute Gasteiger partial charge is 0.220 e. The van der Waals surface area contributed by atoms with Gasteiger partial charge < -0.3 is 19.6 Å². The number of para-hydroxylation sites is 1. The molecule has 31 heavy (non-hydrogen) atoms. The van der Waals surface area contributed by atoms with Crippen LogP contribution in [0.2, 0.25) is 0 Å². The summed E-state index contributed by atoms with van der Waals surface area (Å²) in [4.78, 5) is 8.98. The Kier molecular flexibility index (Phi) is 6.47. The molecule has 9 nitrogen and oxygen atoms in total. The molecule has 1 atom stereocenters. The molecule has 0 saturated carbocycles. The number of benzene rings is 1. The summed E-state index contributed by atoms with van der Waals surface area (Å²) in [6, 6.07) is 10.5. The number of hydrogen-bond donors (Lipinski definition) is 1. The van der Waals surface area contributed by atoms with E-state index in [2.05, 4.69) is 56.5 Å². The highest BCUT2D eigenvalue weighted by atomic mass is 32.2. The van der Waals surface area contributed by atoms with Gasteiger partial charge in [-0.25, -0.2) is 8.42 Å². The maximum Gasteiger partial charge on any atom is 0.220 e. The molecule has 2 aliphatic rings. The Hall–Kier alpha value is -2.59. The lowest BCUT2D eigenvalue weighted by Gasteiger charge is -2.36. The van der Waals surface area contributed by atoms with Crippen LogP contribution in [-0.4, -0.2) is 81.1 Å². The zero-order chi connectivity index (χ0) is 21.8. The maximum atomic E-state index is 12.6. The minimum Gasteiger partial charge on any atom is -0.366 e. The molecule has 1 saturated heterocycles. The summed E-state index contributed by atoms with van der Waals surface area (Å²) in [6.07, 6.45) is 2.47. The van der Waals surface area contributed by atoms with E-state index in [-0.39, 0.29) is 5.75 Å². The third-order valence-corrected chi connectivity index (χ3v) is 7.79. The topological polar surface area (TPSA) is 94.3 Å². The first-order valence-corrected chi connectivity index (χ1v) is 12.3. The first kappa shape index (κ1) is 21.6. The minimum atomic E-state index is -3.41. The van der Waals surface area contributed by atoms with Crippen molar-refractivity contribution in [2.45, 2.75) is 25.1 Å². The zero-order valence-corrected chi connectivity index (χ0v) is 18.9. The molecule has 0 bridgehead atoms. The molecule has 1 fully saturated rings. The summed E-state index contributed by atoms with van der Waals surface area (Å²) >= 11 is 0. The molecule has 168 valence electrons. The number of aromatic nitrogens is 1. The number of nitrogens with one attached hydrogen (secondary N) is 1. The monoisotopic (exact) mass is 446 g/mol. The first-order chi connectivity index (χ1) is 15.0. The molecule has 0 spiro atoms. The normalized spacial score (nSPS) is 18.8. The Bertz CT molecular complexity index is 1000. The number of nitrogens with zero attached hydrogens (tertiary/aromatic N) is 5. The van der Waals surface area contributed by atoms with Crippen LogP contribution < -0.4 is 10.2 Å². The molecule has 1 aromatic heterocycles. The molecule has 0 aliphatic carbocycles. The Labute approximate surface area is 183 Å². The second kappa shape index (κ2) is 9.27. The van der Waals surface area contributed by atoms with Crippen molar-refractivity contribution in [3.63, 3.8) is 0 Å². The predicted octanol–water partition coefficient (Wildman–Crippen LogP) is 1.15. The van der Waals surface area contributed by atoms with Gasteiger partial charge >= 0.3 is 0 Å². The summed E-state index contributed by atoms with van der Waals surface area (Å²) in [5.74, 6) is 0.679. The highest BCUT2D eigenvalue weighted by Gasteiger charge is 2.29. The second-order valence-corrected chi connectivity index (χ2v) is 9.95. The summed E-state index contributed by atoms with van der Waals surface area (Å²) in [5.41, 5.74) is 3.15. The van der Waals surface area contributed by atoms with Crippen molar-refractivity contribution >= 4 is 21.7 Å². The third-order valence-electron chi connectivity index (χ3n) is 5.98. The van der Waals surface area contributed by atoms with Gasteiger partial charge in [0.05, 0.1) is 5.69 Å². The first-order valence-electron chi connectivity index (χ1n) is 10.6. The number of sulfonamides is 1. The van der Waals surface area contributed by atoms with Crippen molar-refractivity contribution in [1.29, 1.82) is 0 Å². The van der Waals surface area contributed by atoms with E-state index in [0.717, 1.165) is 25.5 Å². The van der Waals surface area contributed by atoms with Crippen molar-refractivity contribution in [2.24, 2.45) is 4.99 Å². The van der Waals surface area contributed by atoms with Gasteiger partial charge in [0, 0.05) is 64.1 Å². The number of hydrogen-bond acceptors (Lipinski definition) is 6. The molecular formula is C21H30N6O3S. The number of anilines is 1. The summed E-state index contributed by atoms with van der Waals surface area (Å²) in [6.45, 7) is 6.06. The average molecular weight is 447 g/mol. The van der Waals surface area contributed by atoms with Gasteiger partial charge in [-0.3, -0.25) is 4.99 Å². The average Bonchev–Trinajstić information content (AvgIpc) is 3.44. The fourth-order valence-corrected chi connectivity index (χ4v) is 5.70. The molecule has 1 aromatic carbocycles. The minimum absolute atomic E-state index is 0.134. The molecule has 2 aromatic rings. The molecule has 0 radical (unpaired) electrons. The summed E-state index contributed by atoms with van der Waals surface area (Å²) < 4.78 is 31.5. The standard InChI is InChI=1S/C21H30N6O3S/c1-17(27-9-7-18-5-3-4-6-20(18)27)15-23-21(22-2)25-10-12-26(13-11-25)31(28,29)16-19-8-14-30-24-19/h3-6,8,14,17H,7,9-13,15-16H2,1-2H3,(H,22,23). The van der Waals surface area contributed by atoms with Crippen LogP contribution in [-0.2, 0) is 22.2 Å². The van der Waals surface area contributed by atoms with Gasteiger partial charge in [-0.2, -0.15) is 4.31 Å². The Morgan fingerprint density at radius 3 is 2.68 bits per heavy atom. The zero-order valence-electron chi connectivity index (χ0n) is 18.1. The quantitative estimate of drug-likeness (QED) is 0.525. The lowest BCUT2D eigenvalue weighted by molar-refractivity contribution is 0.259. The van der Waals surface area contributed by atoms with Gasteiger partial charge in [0.15, 0.2) is 5.96 Å². The van der Waals surface area contributed by atoms with Crippen LogP contribution in [0, 0.1) is 0 Å². The number of fused-ring (bicyclic) bond motifs is 1. The molecule has 1 N–H and O–H groups in total. The Morgan fingerprint density at radius 2 is 1.97 bits per heavy atom. The van der Waals surface area contributed by atoms with E-state index >= 15 is 0 Å². The van der Waals surface area contributed by atoms with Crippen molar-refractivity contribution in [3.8, 4) is 0 Å².